The number of aliphatic hydroxyl groups excluding tert-OH is 6. The van der Waals surface area contributed by atoms with Crippen LogP contribution in [0.1, 0.15) is 95.1 Å². The van der Waals surface area contributed by atoms with Crippen molar-refractivity contribution in [2.24, 2.45) is 5.92 Å². The van der Waals surface area contributed by atoms with Gasteiger partial charge in [-0.1, -0.05) is 0 Å². The molecule has 1 aliphatic carbocycles. The van der Waals surface area contributed by atoms with Gasteiger partial charge in [-0.2, -0.15) is 0 Å². The van der Waals surface area contributed by atoms with Crippen molar-refractivity contribution < 1.29 is 112 Å². The summed E-state index contributed by atoms with van der Waals surface area (Å²) in [7, 11) is 2.68. The van der Waals surface area contributed by atoms with Crippen molar-refractivity contribution in [1.29, 1.82) is 0 Å². The van der Waals surface area contributed by atoms with E-state index in [-0.39, 0.29) is 71.7 Å². The van der Waals surface area contributed by atoms with E-state index in [4.69, 9.17) is 56.8 Å². The third-order valence-electron chi connectivity index (χ3n) is 15.3. The van der Waals surface area contributed by atoms with Crippen LogP contribution >= 0.6 is 0 Å². The van der Waals surface area contributed by atoms with Crippen molar-refractivity contribution in [1.82, 2.24) is 0 Å². The highest BCUT2D eigenvalue weighted by atomic mass is 16.7. The molecule has 8 rings (SSSR count). The van der Waals surface area contributed by atoms with Gasteiger partial charge in [-0.3, -0.25) is 14.4 Å². The molecule has 74 heavy (non-hydrogen) atoms. The van der Waals surface area contributed by atoms with Crippen LogP contribution in [-0.2, 0) is 68.1 Å². The van der Waals surface area contributed by atoms with Gasteiger partial charge < -0.3 is 97.7 Å². The van der Waals surface area contributed by atoms with Crippen LogP contribution < -0.4 is 4.74 Å². The second-order valence-corrected chi connectivity index (χ2v) is 20.5. The molecule has 23 atom stereocenters. The van der Waals surface area contributed by atoms with E-state index >= 15 is 0 Å². The summed E-state index contributed by atoms with van der Waals surface area (Å²) in [6, 6.07) is 3.07. The molecule has 0 spiro atoms. The third-order valence-corrected chi connectivity index (χ3v) is 15.3. The van der Waals surface area contributed by atoms with E-state index in [1.807, 2.05) is 0 Å². The maximum atomic E-state index is 14.9. The first-order chi connectivity index (χ1) is 35.0. The Hall–Kier alpha value is -3.57. The van der Waals surface area contributed by atoms with Crippen LogP contribution in [0.3, 0.4) is 0 Å². The monoisotopic (exact) mass is 1050 g/mol. The third kappa shape index (κ3) is 11.5. The molecule has 2 aromatic rings. The van der Waals surface area contributed by atoms with E-state index in [9.17, 15) is 55.2 Å². The molecule has 0 bridgehead atoms. The Balaban J connectivity index is 1.02. The lowest BCUT2D eigenvalue weighted by Gasteiger charge is -2.45. The number of ketones is 3. The predicted molar refractivity (Wildman–Crippen MR) is 252 cm³/mol. The Labute approximate surface area is 427 Å². The van der Waals surface area contributed by atoms with E-state index < -0.39 is 170 Å². The number of Topliss-reactive ketones (excluding diaryl/α,β-unsaturated/α-hetero) is 3. The highest BCUT2D eigenvalue weighted by Gasteiger charge is 2.50. The number of fused-ring (bicyclic) bond motifs is 2. The standard InChI is InChI=1S/C51H72O23/c1-18-30(70-36-15-31(44(58)21(4)66-36)71-34-13-28(53)43(57)20(3)65-34)12-26-10-25-11-27(50(64-9)42(56)19(2)52)51(48(62)40(25)47(61)39(26)41(18)55)74-38-17-33(46(60)23(6)68-38)73-37-16-32(45(59)22(5)67-37)72-35-14-29(54)49(63-8)24(7)69-35/h10,12,20-24,27-29,31-38,43-46,49-51,53-55,57-61H,11,13-17H2,1-9H3/t20?,21?,22?,23?,24?,27?,28?,29?,31?,32?,33?,34?,35?,36?,37?,38?,43?,44?,45?,46?,49?,50-,51-/m0/s1. The Kier molecular flexibility index (Phi) is 17.7. The Morgan fingerprint density at radius 2 is 1.09 bits per heavy atom. The lowest BCUT2D eigenvalue weighted by Crippen LogP contribution is -2.56. The number of hydrogen-bond donors (Lipinski definition) is 8. The zero-order valence-corrected chi connectivity index (χ0v) is 42.9. The lowest BCUT2D eigenvalue weighted by atomic mass is 9.75. The maximum Gasteiger partial charge on any atom is 0.227 e. The summed E-state index contributed by atoms with van der Waals surface area (Å²) in [4.78, 5) is 41.1. The van der Waals surface area contributed by atoms with Gasteiger partial charge in [-0.25, -0.2) is 0 Å². The fourth-order valence-corrected chi connectivity index (χ4v) is 11.2. The highest BCUT2D eigenvalue weighted by molar-refractivity contribution is 6.38. The Bertz CT molecular complexity index is 2310. The molecular weight excluding hydrogens is 981 g/mol. The van der Waals surface area contributed by atoms with Crippen molar-refractivity contribution in [3.05, 3.63) is 28.8 Å². The van der Waals surface area contributed by atoms with E-state index in [2.05, 4.69) is 0 Å². The number of phenolic OH excluding ortho intramolecular Hbond substituents is 2. The molecule has 5 heterocycles. The minimum Gasteiger partial charge on any atom is -0.507 e. The topological polar surface area (TPSA) is 324 Å². The zero-order chi connectivity index (χ0) is 53.8. The smallest absolute Gasteiger partial charge is 0.227 e. The number of hydrogen-bond acceptors (Lipinski definition) is 23. The average Bonchev–Trinajstić information content (AvgIpc) is 3.33. The molecule has 23 heteroatoms. The number of rotatable bonds is 15. The number of benzene rings is 2. The molecule has 0 amide bonds. The van der Waals surface area contributed by atoms with Gasteiger partial charge in [-0.15, -0.1) is 0 Å². The van der Waals surface area contributed by atoms with Gasteiger partial charge in [0.25, 0.3) is 0 Å². The largest absolute Gasteiger partial charge is 0.507 e. The molecule has 8 N–H and O–H groups in total. The molecule has 0 radical (unpaired) electrons. The van der Waals surface area contributed by atoms with Gasteiger partial charge >= 0.3 is 0 Å². The summed E-state index contributed by atoms with van der Waals surface area (Å²) in [5.41, 5.74) is 0.155. The van der Waals surface area contributed by atoms with Crippen LogP contribution in [0.15, 0.2) is 12.1 Å². The summed E-state index contributed by atoms with van der Waals surface area (Å²) < 4.78 is 72.0. The highest BCUT2D eigenvalue weighted by Crippen LogP contribution is 2.47. The number of aromatic hydroxyl groups is 2. The number of aliphatic hydroxyl groups is 6. The molecule has 0 aromatic heterocycles. The molecule has 21 unspecified atom stereocenters. The minimum atomic E-state index is -1.60. The number of methoxy groups -OCH3 is 2. The van der Waals surface area contributed by atoms with Crippen LogP contribution in [0, 0.1) is 12.8 Å². The van der Waals surface area contributed by atoms with Gasteiger partial charge in [0, 0.05) is 64.7 Å². The number of ether oxygens (including phenoxy) is 12. The molecule has 5 fully saturated rings. The Morgan fingerprint density at radius 3 is 1.59 bits per heavy atom. The number of carbonyl (C=O) groups excluding carboxylic acids is 3. The normalized spacial score (nSPS) is 41.4. The SMILES string of the molecule is COC1C(O)CC(OC2CC(OC3CC(O[C@@H]4C(=O)c5c(cc6cc(OC7CC(OC8CC(O)C(O)C(C)O8)C(O)C(C)O7)c(C)c(O)c6c5O)CC4[C@H](OC)C(=O)C(C)=O)OC(C)C3O)OC(C)C2O)OC1C. The quantitative estimate of drug-likeness (QED) is 0.115. The molecular formula is C51H72O23. The van der Waals surface area contributed by atoms with E-state index in [0.29, 0.717) is 0 Å². The molecule has 414 valence electrons. The second-order valence-electron chi connectivity index (χ2n) is 20.5. The van der Waals surface area contributed by atoms with E-state index in [1.54, 1.807) is 40.7 Å². The van der Waals surface area contributed by atoms with Crippen LogP contribution in [0.5, 0.6) is 17.2 Å². The molecule has 5 aliphatic heterocycles. The minimum absolute atomic E-state index is 0.00833. The van der Waals surface area contributed by atoms with Crippen LogP contribution in [0.4, 0.5) is 0 Å². The zero-order valence-electron chi connectivity index (χ0n) is 42.9. The second kappa shape index (κ2) is 23.2. The summed E-state index contributed by atoms with van der Waals surface area (Å²) in [6.07, 6.45) is -22.4. The summed E-state index contributed by atoms with van der Waals surface area (Å²) in [5.74, 6) is -4.70. The van der Waals surface area contributed by atoms with E-state index in [0.717, 1.165) is 6.92 Å². The first-order valence-corrected chi connectivity index (χ1v) is 25.3. The molecule has 2 aromatic carbocycles. The van der Waals surface area contributed by atoms with Gasteiger partial charge in [-0.05, 0) is 71.0 Å². The molecule has 23 nitrogen and oxygen atoms in total. The van der Waals surface area contributed by atoms with Gasteiger partial charge in [0.2, 0.25) is 12.1 Å². The maximum absolute atomic E-state index is 14.9. The van der Waals surface area contributed by atoms with Crippen molar-refractivity contribution in [2.45, 2.75) is 222 Å². The molecule has 0 saturated carbocycles. The van der Waals surface area contributed by atoms with Crippen molar-refractivity contribution >= 4 is 28.1 Å². The van der Waals surface area contributed by atoms with Gasteiger partial charge in [0.15, 0.2) is 36.7 Å². The van der Waals surface area contributed by atoms with E-state index in [1.165, 1.54) is 27.2 Å². The van der Waals surface area contributed by atoms with Crippen molar-refractivity contribution in [2.75, 3.05) is 14.2 Å². The summed E-state index contributed by atoms with van der Waals surface area (Å²) in [6.45, 7) is 10.7. The first-order valence-electron chi connectivity index (χ1n) is 25.3. The predicted octanol–water partition coefficient (Wildman–Crippen LogP) is 0.862. The summed E-state index contributed by atoms with van der Waals surface area (Å²) >= 11 is 0. The number of carbonyl (C=O) groups is 3. The lowest BCUT2D eigenvalue weighted by molar-refractivity contribution is -0.329. The fraction of sp³-hybridized carbons (Fsp3) is 0.745. The Morgan fingerprint density at radius 1 is 0.622 bits per heavy atom. The van der Waals surface area contributed by atoms with Crippen LogP contribution in [0.25, 0.3) is 10.8 Å². The van der Waals surface area contributed by atoms with Crippen molar-refractivity contribution in [3.63, 3.8) is 0 Å². The average molecular weight is 1050 g/mol. The first kappa shape index (κ1) is 56.6. The van der Waals surface area contributed by atoms with Gasteiger partial charge in [0.05, 0.1) is 72.0 Å². The van der Waals surface area contributed by atoms with Crippen molar-refractivity contribution in [3.8, 4) is 17.2 Å². The van der Waals surface area contributed by atoms with Crippen LogP contribution in [0.2, 0.25) is 0 Å². The van der Waals surface area contributed by atoms with Gasteiger partial charge in [0.1, 0.15) is 60.0 Å². The molecule has 6 aliphatic rings. The summed E-state index contributed by atoms with van der Waals surface area (Å²) in [5, 5.41) is 88.4. The fourth-order valence-electron chi connectivity index (χ4n) is 11.2. The number of phenols is 2. The molecule has 5 saturated heterocycles. The van der Waals surface area contributed by atoms with Crippen LogP contribution in [-0.4, -0.2) is 208 Å².